The summed E-state index contributed by atoms with van der Waals surface area (Å²) < 4.78 is 13.9. The fraction of sp³-hybridized carbons (Fsp3) is 0.538. The number of halogens is 1. The zero-order chi connectivity index (χ0) is 11.6. The van der Waals surface area contributed by atoms with Crippen LogP contribution in [0.1, 0.15) is 37.7 Å². The van der Waals surface area contributed by atoms with Crippen molar-refractivity contribution in [1.29, 1.82) is 0 Å². The summed E-state index contributed by atoms with van der Waals surface area (Å²) in [4.78, 5) is 0. The zero-order valence-electron chi connectivity index (χ0n) is 9.80. The average Bonchev–Trinajstić information content (AvgIpc) is 2.29. The molecule has 2 rings (SSSR count). The van der Waals surface area contributed by atoms with Gasteiger partial charge in [-0.05, 0) is 18.9 Å². The third-order valence-corrected chi connectivity index (χ3v) is 3.63. The molecule has 1 nitrogen and oxygen atoms in total. The van der Waals surface area contributed by atoms with E-state index in [1.165, 1.54) is 6.07 Å². The summed E-state index contributed by atoms with van der Waals surface area (Å²) in [7, 11) is 0.773. The van der Waals surface area contributed by atoms with Gasteiger partial charge in [0.05, 0.1) is 5.60 Å². The Morgan fingerprint density at radius 2 is 1.94 bits per heavy atom. The van der Waals surface area contributed by atoms with Crippen molar-refractivity contribution in [2.45, 2.75) is 44.5 Å². The third-order valence-electron chi connectivity index (χ3n) is 3.63. The fourth-order valence-electron chi connectivity index (χ4n) is 2.77. The summed E-state index contributed by atoms with van der Waals surface area (Å²) in [6.07, 6.45) is 4.53. The zero-order valence-corrected chi connectivity index (χ0v) is 9.80. The lowest BCUT2D eigenvalue weighted by Crippen LogP contribution is -2.36. The van der Waals surface area contributed by atoms with Gasteiger partial charge >= 0.3 is 0 Å². The molecule has 0 saturated heterocycles. The first kappa shape index (κ1) is 11.7. The Kier molecular flexibility index (Phi) is 3.34. The van der Waals surface area contributed by atoms with E-state index in [1.807, 2.05) is 12.9 Å². The highest BCUT2D eigenvalue weighted by atomic mass is 19.1. The van der Waals surface area contributed by atoms with Crippen molar-refractivity contribution < 1.29 is 9.50 Å². The predicted octanol–water partition coefficient (Wildman–Crippen LogP) is 2.09. The van der Waals surface area contributed by atoms with Gasteiger partial charge in [0.25, 0.3) is 0 Å². The second kappa shape index (κ2) is 4.58. The maximum Gasteiger partial charge on any atom is 0.155 e. The second-order valence-electron chi connectivity index (χ2n) is 4.72. The highest BCUT2D eigenvalue weighted by molar-refractivity contribution is 6.52. The van der Waals surface area contributed by atoms with E-state index in [0.29, 0.717) is 18.4 Å². The van der Waals surface area contributed by atoms with E-state index >= 15 is 0 Å². The van der Waals surface area contributed by atoms with Gasteiger partial charge in [-0.3, -0.25) is 0 Å². The number of benzene rings is 1. The van der Waals surface area contributed by atoms with E-state index in [9.17, 15) is 9.50 Å². The Morgan fingerprint density at radius 3 is 2.56 bits per heavy atom. The van der Waals surface area contributed by atoms with Gasteiger partial charge in [-0.1, -0.05) is 43.7 Å². The van der Waals surface area contributed by atoms with Crippen LogP contribution in [-0.2, 0) is 5.60 Å². The van der Waals surface area contributed by atoms with Crippen LogP contribution in [0.3, 0.4) is 0 Å². The topological polar surface area (TPSA) is 20.2 Å². The van der Waals surface area contributed by atoms with Crippen molar-refractivity contribution in [2.24, 2.45) is 0 Å². The molecule has 0 aliphatic heterocycles. The SMILES string of the molecule is CBc1cccc(F)c1C1(O)CCCCC1. The van der Waals surface area contributed by atoms with Crippen LogP contribution in [0.15, 0.2) is 18.2 Å². The molecule has 0 heterocycles. The van der Waals surface area contributed by atoms with Crippen LogP contribution in [0.25, 0.3) is 0 Å². The minimum absolute atomic E-state index is 0.247. The molecule has 1 aliphatic rings. The first-order chi connectivity index (χ1) is 7.67. The molecule has 0 spiro atoms. The van der Waals surface area contributed by atoms with Crippen molar-refractivity contribution in [2.75, 3.05) is 0 Å². The van der Waals surface area contributed by atoms with Crippen molar-refractivity contribution in [3.8, 4) is 0 Å². The van der Waals surface area contributed by atoms with Crippen molar-refractivity contribution in [3.63, 3.8) is 0 Å². The van der Waals surface area contributed by atoms with Gasteiger partial charge in [0.1, 0.15) is 5.82 Å². The molecular formula is C13H18BFO. The Hall–Kier alpha value is -0.825. The maximum absolute atomic E-state index is 13.9. The van der Waals surface area contributed by atoms with E-state index in [0.717, 1.165) is 32.0 Å². The lowest BCUT2D eigenvalue weighted by molar-refractivity contribution is -0.00275. The molecule has 86 valence electrons. The molecule has 1 aromatic carbocycles. The Bertz CT molecular complexity index is 372. The molecule has 0 aromatic heterocycles. The maximum atomic E-state index is 13.9. The predicted molar refractivity (Wildman–Crippen MR) is 66.0 cm³/mol. The molecular weight excluding hydrogens is 202 g/mol. The fourth-order valence-corrected chi connectivity index (χ4v) is 2.77. The van der Waals surface area contributed by atoms with Crippen LogP contribution in [-0.4, -0.2) is 12.4 Å². The van der Waals surface area contributed by atoms with Crippen LogP contribution in [0.5, 0.6) is 0 Å². The van der Waals surface area contributed by atoms with E-state index in [2.05, 4.69) is 0 Å². The summed E-state index contributed by atoms with van der Waals surface area (Å²) >= 11 is 0. The number of rotatable bonds is 2. The highest BCUT2D eigenvalue weighted by Crippen LogP contribution is 2.37. The molecule has 0 unspecified atom stereocenters. The molecule has 1 aromatic rings. The molecule has 1 N–H and O–H groups in total. The van der Waals surface area contributed by atoms with Gasteiger partial charge < -0.3 is 5.11 Å². The van der Waals surface area contributed by atoms with Crippen LogP contribution in [0.2, 0.25) is 6.82 Å². The Balaban J connectivity index is 2.44. The molecule has 3 heteroatoms. The monoisotopic (exact) mass is 220 g/mol. The molecule has 1 saturated carbocycles. The molecule has 0 radical (unpaired) electrons. The number of hydrogen-bond donors (Lipinski definition) is 1. The standard InChI is InChI=1S/C13H18BFO/c1-14-10-6-5-7-11(15)12(10)13(16)8-3-2-4-9-13/h5-7,14,16H,2-4,8-9H2,1H3. The van der Waals surface area contributed by atoms with E-state index in [4.69, 9.17) is 0 Å². The van der Waals surface area contributed by atoms with E-state index < -0.39 is 5.60 Å². The highest BCUT2D eigenvalue weighted by Gasteiger charge is 2.34. The largest absolute Gasteiger partial charge is 0.385 e. The lowest BCUT2D eigenvalue weighted by Gasteiger charge is -2.34. The van der Waals surface area contributed by atoms with Gasteiger partial charge in [0, 0.05) is 5.56 Å². The Labute approximate surface area is 96.9 Å². The second-order valence-corrected chi connectivity index (χ2v) is 4.72. The van der Waals surface area contributed by atoms with Gasteiger partial charge in [-0.15, -0.1) is 0 Å². The van der Waals surface area contributed by atoms with E-state index in [1.54, 1.807) is 6.07 Å². The summed E-state index contributed by atoms with van der Waals surface area (Å²) in [5.41, 5.74) is 0.580. The first-order valence-electron chi connectivity index (χ1n) is 6.17. The van der Waals surface area contributed by atoms with Gasteiger partial charge in [0.15, 0.2) is 7.28 Å². The summed E-state index contributed by atoms with van der Waals surface area (Å²) in [5, 5.41) is 10.6. The van der Waals surface area contributed by atoms with Crippen LogP contribution >= 0.6 is 0 Å². The molecule has 0 amide bonds. The average molecular weight is 220 g/mol. The molecule has 1 aliphatic carbocycles. The lowest BCUT2D eigenvalue weighted by atomic mass is 9.65. The summed E-state index contributed by atoms with van der Waals surface area (Å²) in [5.74, 6) is -0.247. The number of hydrogen-bond acceptors (Lipinski definition) is 1. The minimum atomic E-state index is -0.922. The molecule has 1 fully saturated rings. The van der Waals surface area contributed by atoms with Gasteiger partial charge in [-0.25, -0.2) is 4.39 Å². The van der Waals surface area contributed by atoms with Gasteiger partial charge in [0.2, 0.25) is 0 Å². The van der Waals surface area contributed by atoms with Crippen LogP contribution in [0, 0.1) is 5.82 Å². The molecule has 0 atom stereocenters. The quantitative estimate of drug-likeness (QED) is 0.756. The van der Waals surface area contributed by atoms with Crippen molar-refractivity contribution >= 4 is 12.7 Å². The van der Waals surface area contributed by atoms with E-state index in [-0.39, 0.29) is 5.82 Å². The van der Waals surface area contributed by atoms with Gasteiger partial charge in [-0.2, -0.15) is 0 Å². The van der Waals surface area contributed by atoms with Crippen molar-refractivity contribution in [3.05, 3.63) is 29.6 Å². The molecule has 16 heavy (non-hydrogen) atoms. The first-order valence-corrected chi connectivity index (χ1v) is 6.17. The Morgan fingerprint density at radius 1 is 1.25 bits per heavy atom. The summed E-state index contributed by atoms with van der Waals surface area (Å²) in [6.45, 7) is 2.00. The van der Waals surface area contributed by atoms with Crippen molar-refractivity contribution in [1.82, 2.24) is 0 Å². The smallest absolute Gasteiger partial charge is 0.155 e. The summed E-state index contributed by atoms with van der Waals surface area (Å²) in [6, 6.07) is 5.11. The third kappa shape index (κ3) is 2.01. The number of aliphatic hydroxyl groups is 1. The normalized spacial score (nSPS) is 19.4. The molecule has 0 bridgehead atoms. The van der Waals surface area contributed by atoms with Crippen LogP contribution < -0.4 is 5.46 Å². The van der Waals surface area contributed by atoms with Crippen LogP contribution in [0.4, 0.5) is 4.39 Å². The minimum Gasteiger partial charge on any atom is -0.385 e.